The zero-order chi connectivity index (χ0) is 10.1. The van der Waals surface area contributed by atoms with Crippen molar-refractivity contribution in [1.29, 1.82) is 0 Å². The Morgan fingerprint density at radius 3 is 2.38 bits per heavy atom. The zero-order valence-electron chi connectivity index (χ0n) is 6.34. The molecule has 4 N–H and O–H groups in total. The predicted octanol–water partition coefficient (Wildman–Crippen LogP) is -0.323. The normalized spacial score (nSPS) is 11.5. The Kier molecular flexibility index (Phi) is 2.41. The van der Waals surface area contributed by atoms with Gasteiger partial charge in [0.1, 0.15) is 16.4 Å². The lowest BCUT2D eigenvalue weighted by Crippen LogP contribution is -2.11. The fourth-order valence-corrected chi connectivity index (χ4v) is 1.42. The van der Waals surface area contributed by atoms with E-state index < -0.39 is 20.8 Å². The first-order chi connectivity index (χ1) is 5.97. The molecule has 0 radical (unpaired) electrons. The van der Waals surface area contributed by atoms with Crippen LogP contribution in [0.15, 0.2) is 23.1 Å². The third-order valence-electron chi connectivity index (χ3n) is 1.34. The highest BCUT2D eigenvalue weighted by Gasteiger charge is 2.18. The van der Waals surface area contributed by atoms with Crippen LogP contribution in [-0.2, 0) is 14.4 Å². The lowest BCUT2D eigenvalue weighted by molar-refractivity contribution is 0.329. The molecule has 0 unspecified atom stereocenters. The van der Waals surface area contributed by atoms with E-state index in [1.165, 1.54) is 0 Å². The summed E-state index contributed by atoms with van der Waals surface area (Å²) >= 11 is 0. The minimum absolute atomic E-state index is 0.256. The molecule has 0 aliphatic rings. The fraction of sp³-hybridized carbons (Fsp3) is 0. The van der Waals surface area contributed by atoms with Crippen molar-refractivity contribution in [3.05, 3.63) is 18.2 Å². The molecule has 7 heteroatoms. The second kappa shape index (κ2) is 3.21. The summed E-state index contributed by atoms with van der Waals surface area (Å²) in [7, 11) is -4.13. The summed E-state index contributed by atoms with van der Waals surface area (Å²) in [5.74, 6) is 3.61. The Morgan fingerprint density at radius 2 is 1.92 bits per heavy atom. The maximum Gasteiger partial charge on any atom is 0.316 e. The number of aromatic hydroxyl groups is 2. The van der Waals surface area contributed by atoms with Crippen molar-refractivity contribution in [2.24, 2.45) is 5.90 Å². The number of phenolic OH excluding ortho intramolecular Hbond substituents is 2. The van der Waals surface area contributed by atoms with Crippen LogP contribution in [0.4, 0.5) is 0 Å². The van der Waals surface area contributed by atoms with Gasteiger partial charge in [-0.15, -0.1) is 0 Å². The monoisotopic (exact) mass is 205 g/mol. The van der Waals surface area contributed by atoms with Crippen molar-refractivity contribution in [2.75, 3.05) is 0 Å². The van der Waals surface area contributed by atoms with Crippen molar-refractivity contribution < 1.29 is 22.9 Å². The highest BCUT2D eigenvalue weighted by molar-refractivity contribution is 7.86. The highest BCUT2D eigenvalue weighted by Crippen LogP contribution is 2.26. The average Bonchev–Trinajstić information content (AvgIpc) is 2.03. The summed E-state index contributed by atoms with van der Waals surface area (Å²) in [4.78, 5) is -0.493. The van der Waals surface area contributed by atoms with E-state index in [2.05, 4.69) is 10.2 Å². The molecule has 72 valence electrons. The largest absolute Gasteiger partial charge is 0.508 e. The average molecular weight is 205 g/mol. The van der Waals surface area contributed by atoms with E-state index in [0.29, 0.717) is 0 Å². The van der Waals surface area contributed by atoms with E-state index in [9.17, 15) is 8.42 Å². The van der Waals surface area contributed by atoms with Crippen LogP contribution in [0.2, 0.25) is 0 Å². The van der Waals surface area contributed by atoms with Crippen LogP contribution in [0.1, 0.15) is 0 Å². The molecule has 0 aliphatic carbocycles. The van der Waals surface area contributed by atoms with Crippen molar-refractivity contribution in [1.82, 2.24) is 0 Å². The van der Waals surface area contributed by atoms with Crippen LogP contribution < -0.4 is 5.90 Å². The summed E-state index contributed by atoms with van der Waals surface area (Å²) in [5, 5.41) is 17.9. The minimum Gasteiger partial charge on any atom is -0.508 e. The summed E-state index contributed by atoms with van der Waals surface area (Å²) in [6, 6.07) is 2.93. The topological polar surface area (TPSA) is 110 Å². The molecule has 6 nitrogen and oxygen atoms in total. The molecule has 0 amide bonds. The Bertz CT molecular complexity index is 413. The van der Waals surface area contributed by atoms with Gasteiger partial charge in [-0.1, -0.05) is 0 Å². The summed E-state index contributed by atoms with van der Waals surface area (Å²) in [5.41, 5.74) is 0. The standard InChI is InChI=1S/C6H7NO5S/c7-12-13(10,11)6-2-1-4(8)3-5(6)9/h1-3,8-9H,7H2. The van der Waals surface area contributed by atoms with Gasteiger partial charge in [-0.25, -0.2) is 0 Å². The molecule has 0 atom stereocenters. The third-order valence-corrected chi connectivity index (χ3v) is 2.48. The van der Waals surface area contributed by atoms with Gasteiger partial charge in [-0.3, -0.25) is 0 Å². The first kappa shape index (κ1) is 9.78. The number of rotatable bonds is 2. The SMILES string of the molecule is NOS(=O)(=O)c1ccc(O)cc1O. The second-order valence-electron chi connectivity index (χ2n) is 2.20. The number of benzene rings is 1. The van der Waals surface area contributed by atoms with Gasteiger partial charge in [0.25, 0.3) is 0 Å². The van der Waals surface area contributed by atoms with Gasteiger partial charge in [0.2, 0.25) is 0 Å². The van der Waals surface area contributed by atoms with Gasteiger partial charge < -0.3 is 10.2 Å². The molecular formula is C6H7NO5S. The van der Waals surface area contributed by atoms with E-state index in [1.807, 2.05) is 0 Å². The molecule has 0 bridgehead atoms. The molecular weight excluding hydrogens is 198 g/mol. The lowest BCUT2D eigenvalue weighted by Gasteiger charge is -2.02. The molecule has 0 fully saturated rings. The third kappa shape index (κ3) is 1.89. The maximum atomic E-state index is 10.9. The van der Waals surface area contributed by atoms with E-state index in [0.717, 1.165) is 18.2 Å². The molecule has 0 aromatic heterocycles. The van der Waals surface area contributed by atoms with Gasteiger partial charge in [0.05, 0.1) is 0 Å². The summed E-state index contributed by atoms with van der Waals surface area (Å²) < 4.78 is 25.6. The van der Waals surface area contributed by atoms with Crippen LogP contribution in [0.5, 0.6) is 11.5 Å². The Labute approximate surface area is 74.3 Å². The second-order valence-corrected chi connectivity index (χ2v) is 3.74. The van der Waals surface area contributed by atoms with Gasteiger partial charge in [0.15, 0.2) is 0 Å². The zero-order valence-corrected chi connectivity index (χ0v) is 7.15. The smallest absolute Gasteiger partial charge is 0.316 e. The number of hydrogen-bond donors (Lipinski definition) is 3. The van der Waals surface area contributed by atoms with Crippen LogP contribution in [0.25, 0.3) is 0 Å². The van der Waals surface area contributed by atoms with E-state index >= 15 is 0 Å². The van der Waals surface area contributed by atoms with Gasteiger partial charge in [-0.2, -0.15) is 18.6 Å². The van der Waals surface area contributed by atoms with Crippen molar-refractivity contribution >= 4 is 10.1 Å². The first-order valence-corrected chi connectivity index (χ1v) is 4.53. The van der Waals surface area contributed by atoms with Crippen LogP contribution in [0, 0.1) is 0 Å². The van der Waals surface area contributed by atoms with Crippen molar-refractivity contribution in [3.8, 4) is 11.5 Å². The number of nitrogens with two attached hydrogens (primary N) is 1. The number of hydrogen-bond acceptors (Lipinski definition) is 6. The Morgan fingerprint density at radius 1 is 1.31 bits per heavy atom. The molecule has 0 saturated carbocycles. The van der Waals surface area contributed by atoms with Gasteiger partial charge >= 0.3 is 10.1 Å². The van der Waals surface area contributed by atoms with E-state index in [1.54, 1.807) is 0 Å². The summed E-state index contributed by atoms with van der Waals surface area (Å²) in [6.45, 7) is 0. The lowest BCUT2D eigenvalue weighted by atomic mass is 10.3. The molecule has 1 aromatic rings. The Hall–Kier alpha value is -1.31. The van der Waals surface area contributed by atoms with Crippen molar-refractivity contribution in [2.45, 2.75) is 4.90 Å². The van der Waals surface area contributed by atoms with Gasteiger partial charge in [-0.05, 0) is 12.1 Å². The molecule has 0 heterocycles. The van der Waals surface area contributed by atoms with E-state index in [-0.39, 0.29) is 5.75 Å². The molecule has 13 heavy (non-hydrogen) atoms. The van der Waals surface area contributed by atoms with Crippen molar-refractivity contribution in [3.63, 3.8) is 0 Å². The molecule has 0 spiro atoms. The first-order valence-electron chi connectivity index (χ1n) is 3.13. The van der Waals surface area contributed by atoms with Crippen LogP contribution >= 0.6 is 0 Å². The molecule has 0 aliphatic heterocycles. The number of phenols is 2. The van der Waals surface area contributed by atoms with Crippen LogP contribution in [-0.4, -0.2) is 18.6 Å². The van der Waals surface area contributed by atoms with Gasteiger partial charge in [0, 0.05) is 6.07 Å². The fourth-order valence-electron chi connectivity index (χ4n) is 0.769. The Balaban J connectivity index is 3.33. The highest BCUT2D eigenvalue weighted by atomic mass is 32.2. The maximum absolute atomic E-state index is 10.9. The minimum atomic E-state index is -4.13. The molecule has 1 rings (SSSR count). The summed E-state index contributed by atoms with van der Waals surface area (Å²) in [6.07, 6.45) is 0. The molecule has 0 saturated heterocycles. The molecule has 1 aromatic carbocycles. The predicted molar refractivity (Wildman–Crippen MR) is 42.2 cm³/mol. The van der Waals surface area contributed by atoms with Crippen LogP contribution in [0.3, 0.4) is 0 Å². The quantitative estimate of drug-likeness (QED) is 0.570. The van der Waals surface area contributed by atoms with E-state index in [4.69, 9.17) is 10.2 Å².